The average molecular weight is 244 g/mol. The van der Waals surface area contributed by atoms with Crippen molar-refractivity contribution in [2.45, 2.75) is 37.7 Å². The van der Waals surface area contributed by atoms with Crippen LogP contribution in [0.2, 0.25) is 0 Å². The van der Waals surface area contributed by atoms with Crippen molar-refractivity contribution in [1.29, 1.82) is 0 Å². The molecule has 1 aromatic rings. The van der Waals surface area contributed by atoms with Crippen LogP contribution < -0.4 is 4.74 Å². The summed E-state index contributed by atoms with van der Waals surface area (Å²) >= 11 is 0. The molecule has 2 saturated carbocycles. The zero-order chi connectivity index (χ0) is 12.2. The van der Waals surface area contributed by atoms with Crippen LogP contribution in [0.3, 0.4) is 0 Å². The van der Waals surface area contributed by atoms with Gasteiger partial charge in [-0.1, -0.05) is 31.0 Å². The Kier molecular flexibility index (Phi) is 2.25. The first-order valence-corrected chi connectivity index (χ1v) is 7.23. The molecular weight excluding hydrogens is 224 g/mol. The Labute approximate surface area is 108 Å². The van der Waals surface area contributed by atoms with Crippen LogP contribution in [0.4, 0.5) is 0 Å². The van der Waals surface area contributed by atoms with Crippen molar-refractivity contribution in [2.24, 2.45) is 17.8 Å². The van der Waals surface area contributed by atoms with Gasteiger partial charge in [-0.05, 0) is 42.7 Å². The topological polar surface area (TPSA) is 29.5 Å². The number of rotatable bonds is 1. The molecule has 1 N–H and O–H groups in total. The maximum atomic E-state index is 11.0. The summed E-state index contributed by atoms with van der Waals surface area (Å²) in [6, 6.07) is 8.26. The fourth-order valence-corrected chi connectivity index (χ4v) is 4.37. The van der Waals surface area contributed by atoms with Crippen LogP contribution in [-0.4, -0.2) is 17.3 Å². The molecule has 96 valence electrons. The minimum absolute atomic E-state index is 0.306. The Hall–Kier alpha value is -1.02. The van der Waals surface area contributed by atoms with Crippen molar-refractivity contribution in [3.05, 3.63) is 29.8 Å². The van der Waals surface area contributed by atoms with Crippen molar-refractivity contribution >= 4 is 0 Å². The maximum Gasteiger partial charge on any atom is 0.122 e. The van der Waals surface area contributed by atoms with Gasteiger partial charge in [-0.25, -0.2) is 0 Å². The molecule has 2 nitrogen and oxygen atoms in total. The van der Waals surface area contributed by atoms with Gasteiger partial charge in [-0.2, -0.15) is 0 Å². The molecule has 0 aromatic heterocycles. The van der Waals surface area contributed by atoms with Crippen LogP contribution >= 0.6 is 0 Å². The predicted octanol–water partition coefficient (Wildman–Crippen LogP) is 2.79. The van der Waals surface area contributed by atoms with Crippen molar-refractivity contribution < 1.29 is 9.84 Å². The minimum atomic E-state index is -0.413. The quantitative estimate of drug-likeness (QED) is 0.823. The van der Waals surface area contributed by atoms with Gasteiger partial charge in [-0.3, -0.25) is 0 Å². The Balaban J connectivity index is 1.58. The number of fused-ring (bicyclic) bond motifs is 2. The van der Waals surface area contributed by atoms with Gasteiger partial charge >= 0.3 is 0 Å². The number of para-hydroxylation sites is 1. The van der Waals surface area contributed by atoms with Crippen LogP contribution in [0.1, 0.15) is 31.2 Å². The van der Waals surface area contributed by atoms with E-state index in [4.69, 9.17) is 4.74 Å². The Morgan fingerprint density at radius 2 is 1.83 bits per heavy atom. The Bertz CT molecular complexity index is 456. The second-order valence-corrected chi connectivity index (χ2v) is 6.20. The molecule has 0 radical (unpaired) electrons. The van der Waals surface area contributed by atoms with E-state index in [1.165, 1.54) is 31.2 Å². The highest BCUT2D eigenvalue weighted by Crippen LogP contribution is 2.63. The van der Waals surface area contributed by atoms with E-state index in [1.54, 1.807) is 0 Å². The molecule has 0 bridgehead atoms. The SMILES string of the molecule is OC1(C2COc3ccccc3C2)C2CCCCC21. The highest BCUT2D eigenvalue weighted by atomic mass is 16.5. The van der Waals surface area contributed by atoms with Gasteiger partial charge in [-0.15, -0.1) is 0 Å². The molecule has 1 aromatic carbocycles. The van der Waals surface area contributed by atoms with E-state index in [0.29, 0.717) is 24.4 Å². The molecule has 2 aliphatic carbocycles. The fraction of sp³-hybridized carbons (Fsp3) is 0.625. The van der Waals surface area contributed by atoms with Crippen LogP contribution in [0.15, 0.2) is 24.3 Å². The maximum absolute atomic E-state index is 11.0. The van der Waals surface area contributed by atoms with E-state index in [2.05, 4.69) is 12.1 Å². The number of hydrogen-bond acceptors (Lipinski definition) is 2. The molecular formula is C16H20O2. The van der Waals surface area contributed by atoms with Crippen molar-refractivity contribution in [3.8, 4) is 5.75 Å². The third-order valence-corrected chi connectivity index (χ3v) is 5.38. The molecule has 2 heteroatoms. The highest BCUT2D eigenvalue weighted by molar-refractivity contribution is 5.36. The minimum Gasteiger partial charge on any atom is -0.493 e. The van der Waals surface area contributed by atoms with Crippen LogP contribution in [0.25, 0.3) is 0 Å². The molecule has 1 heterocycles. The predicted molar refractivity (Wildman–Crippen MR) is 69.5 cm³/mol. The summed E-state index contributed by atoms with van der Waals surface area (Å²) in [6.45, 7) is 0.695. The monoisotopic (exact) mass is 244 g/mol. The van der Waals surface area contributed by atoms with Crippen molar-refractivity contribution in [2.75, 3.05) is 6.61 Å². The number of benzene rings is 1. The van der Waals surface area contributed by atoms with Gasteiger partial charge in [0.05, 0.1) is 12.2 Å². The van der Waals surface area contributed by atoms with Gasteiger partial charge in [0, 0.05) is 5.92 Å². The smallest absolute Gasteiger partial charge is 0.122 e. The lowest BCUT2D eigenvalue weighted by atomic mass is 9.88. The van der Waals surface area contributed by atoms with E-state index in [0.717, 1.165) is 12.2 Å². The molecule has 2 fully saturated rings. The third kappa shape index (κ3) is 1.38. The summed E-state index contributed by atoms with van der Waals surface area (Å²) < 4.78 is 5.85. The number of aliphatic hydroxyl groups is 1. The molecule has 3 aliphatic rings. The lowest BCUT2D eigenvalue weighted by molar-refractivity contribution is 0.0206. The second-order valence-electron chi connectivity index (χ2n) is 6.20. The fourth-order valence-electron chi connectivity index (χ4n) is 4.37. The van der Waals surface area contributed by atoms with Crippen LogP contribution in [0, 0.1) is 17.8 Å². The number of ether oxygens (including phenoxy) is 1. The lowest BCUT2D eigenvalue weighted by Crippen LogP contribution is -2.35. The molecule has 4 rings (SSSR count). The van der Waals surface area contributed by atoms with E-state index in [1.807, 2.05) is 12.1 Å². The van der Waals surface area contributed by atoms with Gasteiger partial charge in [0.15, 0.2) is 0 Å². The zero-order valence-corrected chi connectivity index (χ0v) is 10.6. The normalized spacial score (nSPS) is 41.5. The van der Waals surface area contributed by atoms with E-state index in [-0.39, 0.29) is 0 Å². The van der Waals surface area contributed by atoms with Crippen molar-refractivity contribution in [1.82, 2.24) is 0 Å². The molecule has 0 saturated heterocycles. The largest absolute Gasteiger partial charge is 0.493 e. The highest BCUT2D eigenvalue weighted by Gasteiger charge is 2.67. The standard InChI is InChI=1S/C16H20O2/c17-16(13-6-2-3-7-14(13)16)12-9-11-5-1-4-8-15(11)18-10-12/h1,4-5,8,12-14,17H,2-3,6-7,9-10H2. The van der Waals surface area contributed by atoms with Gasteiger partial charge in [0.25, 0.3) is 0 Å². The molecule has 3 atom stereocenters. The van der Waals surface area contributed by atoms with E-state index >= 15 is 0 Å². The third-order valence-electron chi connectivity index (χ3n) is 5.38. The lowest BCUT2D eigenvalue weighted by Gasteiger charge is -2.30. The molecule has 0 spiro atoms. The second kappa shape index (κ2) is 3.74. The molecule has 3 unspecified atom stereocenters. The van der Waals surface area contributed by atoms with Gasteiger partial charge in [0.2, 0.25) is 0 Å². The van der Waals surface area contributed by atoms with Crippen LogP contribution in [-0.2, 0) is 6.42 Å². The van der Waals surface area contributed by atoms with E-state index in [9.17, 15) is 5.11 Å². The zero-order valence-electron chi connectivity index (χ0n) is 10.6. The van der Waals surface area contributed by atoms with Crippen molar-refractivity contribution in [3.63, 3.8) is 0 Å². The Morgan fingerprint density at radius 3 is 2.61 bits per heavy atom. The first-order valence-electron chi connectivity index (χ1n) is 7.23. The average Bonchev–Trinajstić information content (AvgIpc) is 3.06. The van der Waals surface area contributed by atoms with Gasteiger partial charge in [0.1, 0.15) is 5.75 Å². The van der Waals surface area contributed by atoms with Gasteiger partial charge < -0.3 is 9.84 Å². The first kappa shape index (κ1) is 10.9. The Morgan fingerprint density at radius 1 is 1.11 bits per heavy atom. The summed E-state index contributed by atoms with van der Waals surface area (Å²) in [4.78, 5) is 0. The molecule has 18 heavy (non-hydrogen) atoms. The van der Waals surface area contributed by atoms with E-state index < -0.39 is 5.60 Å². The number of hydrogen-bond donors (Lipinski definition) is 1. The molecule has 0 amide bonds. The summed E-state index contributed by atoms with van der Waals surface area (Å²) in [5, 5.41) is 11.0. The summed E-state index contributed by atoms with van der Waals surface area (Å²) in [5.74, 6) is 2.44. The molecule has 1 aliphatic heterocycles. The van der Waals surface area contributed by atoms with Crippen LogP contribution in [0.5, 0.6) is 5.75 Å². The summed E-state index contributed by atoms with van der Waals surface area (Å²) in [7, 11) is 0. The summed E-state index contributed by atoms with van der Waals surface area (Å²) in [6.07, 6.45) is 6.03. The summed E-state index contributed by atoms with van der Waals surface area (Å²) in [5.41, 5.74) is 0.857. The first-order chi connectivity index (χ1) is 8.80.